The summed E-state index contributed by atoms with van der Waals surface area (Å²) < 4.78 is 1.48. The van der Waals surface area contributed by atoms with Crippen molar-refractivity contribution < 1.29 is 4.79 Å². The van der Waals surface area contributed by atoms with E-state index in [2.05, 4.69) is 15.6 Å². The number of nitrogens with one attached hydrogen (secondary N) is 2. The predicted molar refractivity (Wildman–Crippen MR) is 121 cm³/mol. The first-order valence-corrected chi connectivity index (χ1v) is 9.81. The molecule has 1 heterocycles. The molecule has 2 N–H and O–H groups in total. The van der Waals surface area contributed by atoms with Gasteiger partial charge in [-0.15, -0.1) is 0 Å². The van der Waals surface area contributed by atoms with E-state index in [1.807, 2.05) is 18.2 Å². The van der Waals surface area contributed by atoms with Crippen LogP contribution in [0.1, 0.15) is 5.56 Å². The standard InChI is InChI=1S/C22H16Cl2N4O2/c23-18-8-6-14(10-19(18)24)12-28-13-25-20-9-7-16(11-17(20)21(28)29)27-22(30)26-15-4-2-1-3-5-15/h1-11,13H,12H2,(H2,26,27,30). The maximum absolute atomic E-state index is 12.9. The average molecular weight is 439 g/mol. The number of carbonyl (C=O) groups is 1. The summed E-state index contributed by atoms with van der Waals surface area (Å²) in [6.07, 6.45) is 1.49. The van der Waals surface area contributed by atoms with Gasteiger partial charge in [-0.1, -0.05) is 47.5 Å². The van der Waals surface area contributed by atoms with E-state index in [1.165, 1.54) is 10.9 Å². The molecule has 0 aliphatic heterocycles. The second-order valence-corrected chi connectivity index (χ2v) is 7.42. The average Bonchev–Trinajstić information content (AvgIpc) is 2.74. The lowest BCUT2D eigenvalue weighted by atomic mass is 10.2. The molecule has 150 valence electrons. The van der Waals surface area contributed by atoms with E-state index in [0.717, 1.165) is 5.56 Å². The van der Waals surface area contributed by atoms with Crippen molar-refractivity contribution in [1.29, 1.82) is 0 Å². The van der Waals surface area contributed by atoms with Crippen LogP contribution in [-0.4, -0.2) is 15.6 Å². The molecule has 0 atom stereocenters. The molecule has 1 aromatic heterocycles. The third-order valence-electron chi connectivity index (χ3n) is 4.45. The molecule has 8 heteroatoms. The summed E-state index contributed by atoms with van der Waals surface area (Å²) in [6, 6.07) is 18.9. The third-order valence-corrected chi connectivity index (χ3v) is 5.19. The number of hydrogen-bond donors (Lipinski definition) is 2. The van der Waals surface area contributed by atoms with Crippen LogP contribution in [0.3, 0.4) is 0 Å². The molecule has 0 fully saturated rings. The molecule has 0 aliphatic rings. The van der Waals surface area contributed by atoms with Crippen LogP contribution in [0.2, 0.25) is 10.0 Å². The maximum Gasteiger partial charge on any atom is 0.323 e. The van der Waals surface area contributed by atoms with Crippen LogP contribution >= 0.6 is 23.2 Å². The normalized spacial score (nSPS) is 10.7. The minimum absolute atomic E-state index is 0.224. The van der Waals surface area contributed by atoms with Crippen LogP contribution in [0, 0.1) is 0 Å². The summed E-state index contributed by atoms with van der Waals surface area (Å²) in [5.41, 5.74) is 2.30. The first-order chi connectivity index (χ1) is 14.5. The zero-order chi connectivity index (χ0) is 21.1. The number of rotatable bonds is 4. The van der Waals surface area contributed by atoms with Gasteiger partial charge < -0.3 is 10.6 Å². The van der Waals surface area contributed by atoms with E-state index in [0.29, 0.717) is 38.9 Å². The Kier molecular flexibility index (Phi) is 5.70. The van der Waals surface area contributed by atoms with Crippen molar-refractivity contribution in [2.75, 3.05) is 10.6 Å². The van der Waals surface area contributed by atoms with Gasteiger partial charge in [0.15, 0.2) is 0 Å². The number of urea groups is 1. The number of para-hydroxylation sites is 1. The Hall–Kier alpha value is -3.35. The lowest BCUT2D eigenvalue weighted by molar-refractivity contribution is 0.262. The largest absolute Gasteiger partial charge is 0.323 e. The van der Waals surface area contributed by atoms with Gasteiger partial charge in [0.05, 0.1) is 33.8 Å². The van der Waals surface area contributed by atoms with Gasteiger partial charge in [-0.2, -0.15) is 0 Å². The molecule has 0 unspecified atom stereocenters. The Balaban J connectivity index is 1.58. The lowest BCUT2D eigenvalue weighted by Crippen LogP contribution is -2.22. The molecule has 2 amide bonds. The molecule has 3 aromatic carbocycles. The number of aromatic nitrogens is 2. The first kappa shape index (κ1) is 19.9. The van der Waals surface area contributed by atoms with Crippen molar-refractivity contribution in [2.45, 2.75) is 6.54 Å². The number of nitrogens with zero attached hydrogens (tertiary/aromatic N) is 2. The zero-order valence-corrected chi connectivity index (χ0v) is 17.1. The number of benzene rings is 3. The number of anilines is 2. The SMILES string of the molecule is O=C(Nc1ccccc1)Nc1ccc2ncn(Cc3ccc(Cl)c(Cl)c3)c(=O)c2c1. The maximum atomic E-state index is 12.9. The van der Waals surface area contributed by atoms with E-state index >= 15 is 0 Å². The monoisotopic (exact) mass is 438 g/mol. The molecule has 0 radical (unpaired) electrons. The van der Waals surface area contributed by atoms with Gasteiger partial charge in [0.25, 0.3) is 5.56 Å². The Morgan fingerprint density at radius 3 is 2.43 bits per heavy atom. The minimum atomic E-state index is -0.402. The number of hydrogen-bond acceptors (Lipinski definition) is 3. The molecule has 0 saturated heterocycles. The quantitative estimate of drug-likeness (QED) is 0.447. The van der Waals surface area contributed by atoms with E-state index in [4.69, 9.17) is 23.2 Å². The van der Waals surface area contributed by atoms with Crippen LogP contribution in [0.15, 0.2) is 77.9 Å². The molecule has 4 aromatic rings. The molecule has 0 aliphatic carbocycles. The summed E-state index contributed by atoms with van der Waals surface area (Å²) in [7, 11) is 0. The summed E-state index contributed by atoms with van der Waals surface area (Å²) in [6.45, 7) is 0.296. The highest BCUT2D eigenvalue weighted by Crippen LogP contribution is 2.23. The molecular weight excluding hydrogens is 423 g/mol. The molecular formula is C22H16Cl2N4O2. The second kappa shape index (κ2) is 8.57. The zero-order valence-electron chi connectivity index (χ0n) is 15.6. The highest BCUT2D eigenvalue weighted by Gasteiger charge is 2.09. The van der Waals surface area contributed by atoms with Crippen LogP contribution in [0.25, 0.3) is 10.9 Å². The third kappa shape index (κ3) is 4.45. The molecule has 0 spiro atoms. The predicted octanol–water partition coefficient (Wildman–Crippen LogP) is 5.40. The molecule has 4 rings (SSSR count). The van der Waals surface area contributed by atoms with Gasteiger partial charge >= 0.3 is 6.03 Å². The van der Waals surface area contributed by atoms with Gasteiger partial charge in [0, 0.05) is 11.4 Å². The van der Waals surface area contributed by atoms with Gasteiger partial charge in [-0.3, -0.25) is 9.36 Å². The topological polar surface area (TPSA) is 76.0 Å². The van der Waals surface area contributed by atoms with Crippen LogP contribution < -0.4 is 16.2 Å². The second-order valence-electron chi connectivity index (χ2n) is 6.60. The minimum Gasteiger partial charge on any atom is -0.308 e. The van der Waals surface area contributed by atoms with E-state index in [-0.39, 0.29) is 5.56 Å². The van der Waals surface area contributed by atoms with Gasteiger partial charge in [-0.25, -0.2) is 9.78 Å². The number of carbonyl (C=O) groups excluding carboxylic acids is 1. The fourth-order valence-corrected chi connectivity index (χ4v) is 3.32. The smallest absolute Gasteiger partial charge is 0.308 e. The van der Waals surface area contributed by atoms with Gasteiger partial charge in [0.2, 0.25) is 0 Å². The lowest BCUT2D eigenvalue weighted by Gasteiger charge is -2.10. The van der Waals surface area contributed by atoms with E-state index in [1.54, 1.807) is 48.5 Å². The van der Waals surface area contributed by atoms with Crippen LogP contribution in [0.5, 0.6) is 0 Å². The summed E-state index contributed by atoms with van der Waals surface area (Å²) in [5.74, 6) is 0. The summed E-state index contributed by atoms with van der Waals surface area (Å²) in [5, 5.41) is 6.74. The molecule has 0 bridgehead atoms. The highest BCUT2D eigenvalue weighted by molar-refractivity contribution is 6.42. The molecule has 6 nitrogen and oxygen atoms in total. The van der Waals surface area contributed by atoms with Crippen molar-refractivity contribution in [3.8, 4) is 0 Å². The Bertz CT molecular complexity index is 1290. The number of halogens is 2. The first-order valence-electron chi connectivity index (χ1n) is 9.06. The van der Waals surface area contributed by atoms with E-state index < -0.39 is 6.03 Å². The fraction of sp³-hybridized carbons (Fsp3) is 0.0455. The number of fused-ring (bicyclic) bond motifs is 1. The Labute approximate surface area is 182 Å². The number of amides is 2. The Morgan fingerprint density at radius 1 is 0.900 bits per heavy atom. The van der Waals surface area contributed by atoms with E-state index in [9.17, 15) is 9.59 Å². The Morgan fingerprint density at radius 2 is 1.67 bits per heavy atom. The van der Waals surface area contributed by atoms with Gasteiger partial charge in [-0.05, 0) is 48.0 Å². The van der Waals surface area contributed by atoms with Crippen LogP contribution in [-0.2, 0) is 6.54 Å². The van der Waals surface area contributed by atoms with Gasteiger partial charge in [0.1, 0.15) is 0 Å². The fourth-order valence-electron chi connectivity index (χ4n) is 3.00. The van der Waals surface area contributed by atoms with Crippen molar-refractivity contribution in [2.24, 2.45) is 0 Å². The molecule has 0 saturated carbocycles. The van der Waals surface area contributed by atoms with Crippen molar-refractivity contribution in [3.05, 3.63) is 99.0 Å². The van der Waals surface area contributed by atoms with Crippen LogP contribution in [0.4, 0.5) is 16.2 Å². The van der Waals surface area contributed by atoms with Crippen molar-refractivity contribution >= 4 is 51.5 Å². The summed E-state index contributed by atoms with van der Waals surface area (Å²) >= 11 is 12.0. The summed E-state index contributed by atoms with van der Waals surface area (Å²) in [4.78, 5) is 29.5. The van der Waals surface area contributed by atoms with Crippen molar-refractivity contribution in [3.63, 3.8) is 0 Å². The molecule has 30 heavy (non-hydrogen) atoms. The highest BCUT2D eigenvalue weighted by atomic mass is 35.5. The van der Waals surface area contributed by atoms with Crippen molar-refractivity contribution in [1.82, 2.24) is 9.55 Å².